The van der Waals surface area contributed by atoms with E-state index in [1.54, 1.807) is 0 Å². The first kappa shape index (κ1) is 10.6. The summed E-state index contributed by atoms with van der Waals surface area (Å²) in [5, 5.41) is 0. The average Bonchev–Trinajstić information content (AvgIpc) is 1.80. The minimum absolute atomic E-state index is 0.448. The first-order valence-corrected chi connectivity index (χ1v) is 3.13. The molecule has 1 saturated heterocycles. The lowest BCUT2D eigenvalue weighted by Gasteiger charge is -2.40. The van der Waals surface area contributed by atoms with Crippen molar-refractivity contribution in [3.63, 3.8) is 0 Å². The zero-order valence-electron chi connectivity index (χ0n) is 6.33. The second-order valence-electron chi connectivity index (χ2n) is 2.65. The Hall–Kier alpha value is -0.500. The Morgan fingerprint density at radius 3 is 1.92 bits per heavy atom. The van der Waals surface area contributed by atoms with Crippen LogP contribution in [0.2, 0.25) is 0 Å². The van der Waals surface area contributed by atoms with Gasteiger partial charge in [-0.2, -0.15) is 26.3 Å². The molecular formula is C5H5F6NO. The van der Waals surface area contributed by atoms with E-state index in [1.165, 1.54) is 0 Å². The van der Waals surface area contributed by atoms with Crippen LogP contribution < -0.4 is 0 Å². The number of alkyl halides is 6. The fraction of sp³-hybridized carbons (Fsp3) is 1.00. The Bertz CT molecular complexity index is 217. The van der Waals surface area contributed by atoms with Gasteiger partial charge in [0.05, 0.1) is 6.54 Å². The van der Waals surface area contributed by atoms with E-state index >= 15 is 0 Å². The molecule has 8 heteroatoms. The summed E-state index contributed by atoms with van der Waals surface area (Å²) >= 11 is 0. The predicted octanol–water partition coefficient (Wildman–Crippen LogP) is 1.73. The summed E-state index contributed by atoms with van der Waals surface area (Å²) in [6, 6.07) is -4.71. The average molecular weight is 209 g/mol. The molecule has 1 aliphatic heterocycles. The van der Waals surface area contributed by atoms with Gasteiger partial charge in [0, 0.05) is 0 Å². The van der Waals surface area contributed by atoms with E-state index in [0.717, 1.165) is 0 Å². The van der Waals surface area contributed by atoms with Crippen molar-refractivity contribution in [2.75, 3.05) is 13.6 Å². The number of likely N-dealkylation sites (N-methyl/N-ethyl adjacent to an activating group) is 1. The topological polar surface area (TPSA) is 12.5 Å². The summed E-state index contributed by atoms with van der Waals surface area (Å²) < 4.78 is 76.5. The summed E-state index contributed by atoms with van der Waals surface area (Å²) in [6.45, 7) is -1.57. The molecule has 1 aliphatic rings. The summed E-state index contributed by atoms with van der Waals surface area (Å²) in [5.41, 5.74) is 0. The third-order valence-electron chi connectivity index (χ3n) is 1.53. The minimum atomic E-state index is -5.18. The molecule has 13 heavy (non-hydrogen) atoms. The summed E-state index contributed by atoms with van der Waals surface area (Å²) in [6.07, 6.45) is -9.44. The van der Waals surface area contributed by atoms with Gasteiger partial charge in [-0.25, -0.2) is 9.64 Å². The number of halogens is 6. The van der Waals surface area contributed by atoms with Crippen LogP contribution in [0, 0.1) is 0 Å². The zero-order valence-corrected chi connectivity index (χ0v) is 6.33. The lowest BCUT2D eigenvalue weighted by Crippen LogP contribution is -2.64. The van der Waals surface area contributed by atoms with Gasteiger partial charge >= 0.3 is 18.3 Å². The monoisotopic (exact) mass is 209 g/mol. The van der Waals surface area contributed by atoms with Gasteiger partial charge in [0.25, 0.3) is 0 Å². The van der Waals surface area contributed by atoms with Crippen molar-refractivity contribution in [3.05, 3.63) is 0 Å². The summed E-state index contributed by atoms with van der Waals surface area (Å²) in [4.78, 5) is -0.448. The molecule has 1 fully saturated rings. The van der Waals surface area contributed by atoms with Crippen LogP contribution in [0.4, 0.5) is 26.3 Å². The molecular weight excluding hydrogens is 204 g/mol. The molecule has 2 nitrogen and oxygen atoms in total. The van der Waals surface area contributed by atoms with E-state index in [4.69, 9.17) is 0 Å². The van der Waals surface area contributed by atoms with Crippen LogP contribution in [-0.4, -0.2) is 36.8 Å². The number of nitrogens with zero attached hydrogens (tertiary/aromatic N) is 1. The summed E-state index contributed by atoms with van der Waals surface area (Å²) in [5.74, 6) is 0. The van der Waals surface area contributed by atoms with Crippen LogP contribution in [0.3, 0.4) is 0 Å². The maximum atomic E-state index is 12.4. The fourth-order valence-corrected chi connectivity index (χ4v) is 0.879. The highest BCUT2D eigenvalue weighted by Crippen LogP contribution is 2.45. The minimum Gasteiger partial charge on any atom is -0.248 e. The number of morpholine rings is 1. The highest BCUT2D eigenvalue weighted by atomic mass is 19.3. The van der Waals surface area contributed by atoms with Crippen molar-refractivity contribution in [2.45, 2.75) is 18.3 Å². The van der Waals surface area contributed by atoms with E-state index in [-0.39, 0.29) is 0 Å². The van der Waals surface area contributed by atoms with Crippen LogP contribution in [0.15, 0.2) is 0 Å². The molecule has 0 spiro atoms. The van der Waals surface area contributed by atoms with E-state index in [2.05, 4.69) is 4.74 Å². The Morgan fingerprint density at radius 2 is 1.54 bits per heavy atom. The quantitative estimate of drug-likeness (QED) is 0.445. The molecule has 0 aromatic carbocycles. The van der Waals surface area contributed by atoms with Crippen molar-refractivity contribution in [2.24, 2.45) is 0 Å². The molecule has 78 valence electrons. The van der Waals surface area contributed by atoms with E-state index in [1.807, 2.05) is 0 Å². The highest BCUT2D eigenvalue weighted by molar-refractivity contribution is 4.84. The Balaban J connectivity index is 2.96. The van der Waals surface area contributed by atoms with Crippen LogP contribution in [0.5, 0.6) is 0 Å². The van der Waals surface area contributed by atoms with Gasteiger partial charge < -0.3 is 0 Å². The van der Waals surface area contributed by atoms with Crippen molar-refractivity contribution >= 4 is 0 Å². The van der Waals surface area contributed by atoms with Crippen molar-refractivity contribution < 1.29 is 31.1 Å². The molecule has 0 amide bonds. The highest BCUT2D eigenvalue weighted by Gasteiger charge is 2.69. The second kappa shape index (κ2) is 2.50. The molecule has 1 heterocycles. The van der Waals surface area contributed by atoms with E-state index in [0.29, 0.717) is 7.05 Å². The number of hydrogen-bond donors (Lipinski definition) is 0. The zero-order chi connectivity index (χ0) is 10.5. The van der Waals surface area contributed by atoms with Gasteiger partial charge in [0.15, 0.2) is 0 Å². The molecule has 0 unspecified atom stereocenters. The summed E-state index contributed by atoms with van der Waals surface area (Å²) in [7, 11) is 0.463. The van der Waals surface area contributed by atoms with Gasteiger partial charge in [0.1, 0.15) is 0 Å². The molecule has 0 N–H and O–H groups in total. The van der Waals surface area contributed by atoms with E-state index < -0.39 is 29.7 Å². The lowest BCUT2D eigenvalue weighted by molar-refractivity contribution is -0.489. The van der Waals surface area contributed by atoms with Crippen LogP contribution in [-0.2, 0) is 4.74 Å². The normalized spacial score (nSPS) is 31.6. The Morgan fingerprint density at radius 1 is 1.08 bits per heavy atom. The van der Waals surface area contributed by atoms with Crippen molar-refractivity contribution in [1.29, 1.82) is 0 Å². The van der Waals surface area contributed by atoms with E-state index in [9.17, 15) is 26.3 Å². The first-order valence-electron chi connectivity index (χ1n) is 3.13. The molecule has 0 aliphatic carbocycles. The van der Waals surface area contributed by atoms with Crippen LogP contribution in [0.1, 0.15) is 0 Å². The largest absolute Gasteiger partial charge is 0.439 e. The number of ether oxygens (including phenoxy) is 1. The van der Waals surface area contributed by atoms with Crippen LogP contribution >= 0.6 is 0 Å². The molecule has 0 saturated carbocycles. The standard InChI is InChI=1S/C5H5F6NO/c1-12-2-3(6,7)13-5(10,11)4(12,8)9/h2H2,1H3. The number of hydrogen-bond acceptors (Lipinski definition) is 2. The SMILES string of the molecule is CN1CC(F)(F)OC(F)(F)C1(F)F. The van der Waals surface area contributed by atoms with Crippen molar-refractivity contribution in [1.82, 2.24) is 4.90 Å². The van der Waals surface area contributed by atoms with Crippen LogP contribution in [0.25, 0.3) is 0 Å². The Kier molecular flexibility index (Phi) is 2.04. The van der Waals surface area contributed by atoms with Gasteiger partial charge in [-0.15, -0.1) is 0 Å². The molecule has 0 bridgehead atoms. The maximum Gasteiger partial charge on any atom is 0.439 e. The third-order valence-corrected chi connectivity index (χ3v) is 1.53. The second-order valence-corrected chi connectivity index (χ2v) is 2.65. The maximum absolute atomic E-state index is 12.4. The smallest absolute Gasteiger partial charge is 0.248 e. The van der Waals surface area contributed by atoms with Gasteiger partial charge in [-0.05, 0) is 7.05 Å². The molecule has 1 rings (SSSR count). The molecule has 0 atom stereocenters. The number of rotatable bonds is 0. The fourth-order valence-electron chi connectivity index (χ4n) is 0.879. The van der Waals surface area contributed by atoms with Gasteiger partial charge in [0.2, 0.25) is 0 Å². The molecule has 0 aromatic rings. The first-order chi connectivity index (χ1) is 5.58. The molecule has 0 aromatic heterocycles. The van der Waals surface area contributed by atoms with Crippen molar-refractivity contribution in [3.8, 4) is 0 Å². The van der Waals surface area contributed by atoms with Gasteiger partial charge in [-0.3, -0.25) is 0 Å². The lowest BCUT2D eigenvalue weighted by atomic mass is 10.3. The Labute approximate surface area is 69.1 Å². The van der Waals surface area contributed by atoms with Gasteiger partial charge in [-0.1, -0.05) is 0 Å². The molecule has 0 radical (unpaired) electrons. The predicted molar refractivity (Wildman–Crippen MR) is 28.6 cm³/mol. The third kappa shape index (κ3) is 1.60.